The normalized spacial score (nSPS) is 9.90. The van der Waals surface area contributed by atoms with Crippen molar-refractivity contribution in [2.45, 2.75) is 6.42 Å². The molecular weight excluding hydrogens is 266 g/mol. The largest absolute Gasteiger partial charge is 0.492 e. The summed E-state index contributed by atoms with van der Waals surface area (Å²) in [5, 5.41) is 5.53. The van der Waals surface area contributed by atoms with Crippen molar-refractivity contribution in [3.63, 3.8) is 0 Å². The molecule has 0 spiro atoms. The van der Waals surface area contributed by atoms with Gasteiger partial charge in [0.05, 0.1) is 6.54 Å². The number of nitrogens with one attached hydrogen (secondary N) is 2. The molecule has 5 heteroatoms. The van der Waals surface area contributed by atoms with Crippen LogP contribution in [0.5, 0.6) is 5.75 Å². The molecule has 0 atom stereocenters. The molecule has 2 amide bonds. The minimum atomic E-state index is -0.192. The number of carbonyl (C=O) groups is 1. The first kappa shape index (κ1) is 14.8. The molecule has 0 unspecified atom stereocenters. The fourth-order valence-electron chi connectivity index (χ4n) is 1.76. The van der Waals surface area contributed by atoms with Gasteiger partial charge in [0.15, 0.2) is 0 Å². The summed E-state index contributed by atoms with van der Waals surface area (Å²) < 4.78 is 5.48. The maximum Gasteiger partial charge on any atom is 0.314 e. The van der Waals surface area contributed by atoms with Crippen LogP contribution in [0, 0.1) is 0 Å². The molecule has 2 aromatic rings. The molecule has 1 heterocycles. The molecule has 1 aromatic carbocycles. The standard InChI is InChI=1S/C16H19N3O2/c20-16(18-11-9-14-6-4-5-10-17-14)19-12-13-21-15-7-2-1-3-8-15/h1-8,10H,9,11-13H2,(H2,18,19,20). The number of benzene rings is 1. The maximum absolute atomic E-state index is 11.5. The highest BCUT2D eigenvalue weighted by atomic mass is 16.5. The summed E-state index contributed by atoms with van der Waals surface area (Å²) in [4.78, 5) is 15.7. The first-order chi connectivity index (χ1) is 10.3. The molecule has 21 heavy (non-hydrogen) atoms. The van der Waals surface area contributed by atoms with Gasteiger partial charge < -0.3 is 15.4 Å². The van der Waals surface area contributed by atoms with E-state index in [4.69, 9.17) is 4.74 Å². The van der Waals surface area contributed by atoms with Gasteiger partial charge >= 0.3 is 6.03 Å². The van der Waals surface area contributed by atoms with Gasteiger partial charge in [-0.05, 0) is 24.3 Å². The summed E-state index contributed by atoms with van der Waals surface area (Å²) >= 11 is 0. The van der Waals surface area contributed by atoms with E-state index in [2.05, 4.69) is 15.6 Å². The number of ether oxygens (including phenoxy) is 1. The summed E-state index contributed by atoms with van der Waals surface area (Å²) in [6.07, 6.45) is 2.46. The van der Waals surface area contributed by atoms with Crippen LogP contribution in [0.1, 0.15) is 5.69 Å². The Morgan fingerprint density at radius 1 is 1.00 bits per heavy atom. The number of urea groups is 1. The van der Waals surface area contributed by atoms with Gasteiger partial charge in [-0.1, -0.05) is 24.3 Å². The molecular formula is C16H19N3O2. The van der Waals surface area contributed by atoms with Crippen LogP contribution in [-0.4, -0.2) is 30.7 Å². The lowest BCUT2D eigenvalue weighted by molar-refractivity contribution is 0.236. The van der Waals surface area contributed by atoms with Gasteiger partial charge in [0.25, 0.3) is 0 Å². The van der Waals surface area contributed by atoms with Gasteiger partial charge in [0.2, 0.25) is 0 Å². The van der Waals surface area contributed by atoms with E-state index >= 15 is 0 Å². The Balaban J connectivity index is 1.54. The minimum Gasteiger partial charge on any atom is -0.492 e. The van der Waals surface area contributed by atoms with Crippen molar-refractivity contribution in [3.05, 3.63) is 60.4 Å². The first-order valence-corrected chi connectivity index (χ1v) is 6.94. The number of para-hydroxylation sites is 1. The van der Waals surface area contributed by atoms with Crippen LogP contribution in [-0.2, 0) is 6.42 Å². The first-order valence-electron chi connectivity index (χ1n) is 6.94. The lowest BCUT2D eigenvalue weighted by Crippen LogP contribution is -2.38. The molecule has 5 nitrogen and oxygen atoms in total. The molecule has 0 bridgehead atoms. The van der Waals surface area contributed by atoms with Crippen molar-refractivity contribution < 1.29 is 9.53 Å². The van der Waals surface area contributed by atoms with Crippen LogP contribution < -0.4 is 15.4 Å². The van der Waals surface area contributed by atoms with Crippen LogP contribution in [0.2, 0.25) is 0 Å². The SMILES string of the molecule is O=C(NCCOc1ccccc1)NCCc1ccccn1. The molecule has 2 rings (SSSR count). The van der Waals surface area contributed by atoms with Gasteiger partial charge in [-0.15, -0.1) is 0 Å². The Morgan fingerprint density at radius 3 is 2.52 bits per heavy atom. The van der Waals surface area contributed by atoms with E-state index < -0.39 is 0 Å². The topological polar surface area (TPSA) is 63.2 Å². The molecule has 0 radical (unpaired) electrons. The van der Waals surface area contributed by atoms with Crippen LogP contribution in [0.25, 0.3) is 0 Å². The predicted octanol–water partition coefficient (Wildman–Crippen LogP) is 2.00. The van der Waals surface area contributed by atoms with Crippen LogP contribution in [0.3, 0.4) is 0 Å². The molecule has 0 saturated carbocycles. The zero-order chi connectivity index (χ0) is 14.8. The van der Waals surface area contributed by atoms with E-state index in [1.54, 1.807) is 6.20 Å². The fourth-order valence-corrected chi connectivity index (χ4v) is 1.76. The van der Waals surface area contributed by atoms with Crippen molar-refractivity contribution >= 4 is 6.03 Å². The third kappa shape index (κ3) is 5.95. The summed E-state index contributed by atoms with van der Waals surface area (Å²) in [5.41, 5.74) is 0.963. The Morgan fingerprint density at radius 2 is 1.76 bits per heavy atom. The van der Waals surface area contributed by atoms with Gasteiger partial charge in [-0.25, -0.2) is 4.79 Å². The van der Waals surface area contributed by atoms with Crippen molar-refractivity contribution in [3.8, 4) is 5.75 Å². The van der Waals surface area contributed by atoms with Crippen LogP contribution in [0.15, 0.2) is 54.7 Å². The van der Waals surface area contributed by atoms with Gasteiger partial charge in [-0.3, -0.25) is 4.98 Å². The van der Waals surface area contributed by atoms with Crippen LogP contribution >= 0.6 is 0 Å². The average molecular weight is 285 g/mol. The Labute approximate surface area is 124 Å². The zero-order valence-electron chi connectivity index (χ0n) is 11.8. The number of aromatic nitrogens is 1. The van der Waals surface area contributed by atoms with E-state index in [9.17, 15) is 4.79 Å². The smallest absolute Gasteiger partial charge is 0.314 e. The number of nitrogens with zero attached hydrogens (tertiary/aromatic N) is 1. The molecule has 0 saturated heterocycles. The Hall–Kier alpha value is -2.56. The fraction of sp³-hybridized carbons (Fsp3) is 0.250. The third-order valence-electron chi connectivity index (χ3n) is 2.79. The number of hydrogen-bond acceptors (Lipinski definition) is 3. The van der Waals surface area contributed by atoms with Crippen molar-refractivity contribution in [1.82, 2.24) is 15.6 Å². The molecule has 0 aliphatic carbocycles. The number of pyridine rings is 1. The van der Waals surface area contributed by atoms with E-state index in [1.165, 1.54) is 0 Å². The summed E-state index contributed by atoms with van der Waals surface area (Å²) in [6, 6.07) is 15.1. The Bertz CT molecular complexity index is 532. The van der Waals surface area contributed by atoms with Crippen molar-refractivity contribution in [2.75, 3.05) is 19.7 Å². The number of hydrogen-bond donors (Lipinski definition) is 2. The van der Waals surface area contributed by atoms with Crippen molar-refractivity contribution in [2.24, 2.45) is 0 Å². The van der Waals surface area contributed by atoms with Gasteiger partial charge in [-0.2, -0.15) is 0 Å². The predicted molar refractivity (Wildman–Crippen MR) is 81.3 cm³/mol. The molecule has 1 aromatic heterocycles. The molecule has 0 aliphatic rings. The molecule has 0 fully saturated rings. The molecule has 0 aliphatic heterocycles. The van der Waals surface area contributed by atoms with E-state index in [1.807, 2.05) is 48.5 Å². The number of carbonyl (C=O) groups excluding carboxylic acids is 1. The second-order valence-electron chi connectivity index (χ2n) is 4.42. The van der Waals surface area contributed by atoms with Gasteiger partial charge in [0.1, 0.15) is 12.4 Å². The molecule has 110 valence electrons. The van der Waals surface area contributed by atoms with E-state index in [-0.39, 0.29) is 6.03 Å². The second kappa shape index (κ2) is 8.58. The summed E-state index contributed by atoms with van der Waals surface area (Å²) in [6.45, 7) is 1.46. The quantitative estimate of drug-likeness (QED) is 0.765. The monoisotopic (exact) mass is 285 g/mol. The number of rotatable bonds is 7. The minimum absolute atomic E-state index is 0.192. The van der Waals surface area contributed by atoms with E-state index in [0.29, 0.717) is 19.7 Å². The highest BCUT2D eigenvalue weighted by molar-refractivity contribution is 5.73. The lowest BCUT2D eigenvalue weighted by atomic mass is 10.3. The van der Waals surface area contributed by atoms with Gasteiger partial charge in [0, 0.05) is 24.9 Å². The maximum atomic E-state index is 11.5. The molecule has 2 N–H and O–H groups in total. The zero-order valence-corrected chi connectivity index (χ0v) is 11.8. The number of amides is 2. The second-order valence-corrected chi connectivity index (χ2v) is 4.42. The van der Waals surface area contributed by atoms with Crippen molar-refractivity contribution in [1.29, 1.82) is 0 Å². The van der Waals surface area contributed by atoms with E-state index in [0.717, 1.165) is 17.9 Å². The summed E-state index contributed by atoms with van der Waals surface area (Å²) in [7, 11) is 0. The lowest BCUT2D eigenvalue weighted by Gasteiger charge is -2.08. The summed E-state index contributed by atoms with van der Waals surface area (Å²) in [5.74, 6) is 0.801. The Kier molecular flexibility index (Phi) is 6.06. The average Bonchev–Trinajstić information content (AvgIpc) is 2.54. The highest BCUT2D eigenvalue weighted by Crippen LogP contribution is 2.07. The third-order valence-corrected chi connectivity index (χ3v) is 2.79. The van der Waals surface area contributed by atoms with Crippen LogP contribution in [0.4, 0.5) is 4.79 Å². The highest BCUT2D eigenvalue weighted by Gasteiger charge is 2.00.